The van der Waals surface area contributed by atoms with E-state index in [1.165, 1.54) is 5.56 Å². The Morgan fingerprint density at radius 3 is 2.55 bits per heavy atom. The van der Waals surface area contributed by atoms with Crippen molar-refractivity contribution in [2.24, 2.45) is 5.41 Å². The highest BCUT2D eigenvalue weighted by molar-refractivity contribution is 6.30. The van der Waals surface area contributed by atoms with Gasteiger partial charge in [0.25, 0.3) is 0 Å². The molecule has 1 saturated heterocycles. The number of carbonyl (C=O) groups is 1. The van der Waals surface area contributed by atoms with Crippen molar-refractivity contribution in [1.82, 2.24) is 4.90 Å². The second-order valence-corrected chi connectivity index (χ2v) is 8.87. The lowest BCUT2D eigenvalue weighted by Gasteiger charge is -2.39. The number of allylic oxidation sites excluding steroid dienone is 1. The molecule has 0 bridgehead atoms. The second kappa shape index (κ2) is 8.93. The molecule has 4 rings (SSSR count). The summed E-state index contributed by atoms with van der Waals surface area (Å²) in [5, 5.41) is 0.598. The van der Waals surface area contributed by atoms with Crippen LogP contribution in [0.15, 0.2) is 54.3 Å². The molecule has 0 radical (unpaired) electrons. The van der Waals surface area contributed by atoms with E-state index in [4.69, 9.17) is 25.8 Å². The Kier molecular flexibility index (Phi) is 6.26. The molecule has 2 aliphatic rings. The number of halogens is 1. The lowest BCUT2D eigenvalue weighted by Crippen LogP contribution is -2.40. The van der Waals surface area contributed by atoms with E-state index in [0.29, 0.717) is 10.6 Å². The van der Waals surface area contributed by atoms with Gasteiger partial charge in [0.2, 0.25) is 0 Å². The van der Waals surface area contributed by atoms with Gasteiger partial charge in [-0.3, -0.25) is 4.90 Å². The third-order valence-corrected chi connectivity index (χ3v) is 6.84. The topological polar surface area (TPSA) is 48.0 Å². The third-order valence-electron chi connectivity index (χ3n) is 6.59. The molecule has 1 heterocycles. The van der Waals surface area contributed by atoms with Gasteiger partial charge in [0.15, 0.2) is 11.5 Å². The summed E-state index contributed by atoms with van der Waals surface area (Å²) < 4.78 is 16.6. The van der Waals surface area contributed by atoms with Crippen LogP contribution in [-0.4, -0.2) is 44.7 Å². The summed E-state index contributed by atoms with van der Waals surface area (Å²) in [6, 6.07) is 13.2. The number of methoxy groups -OCH3 is 2. The number of hydrogen-bond acceptors (Lipinski definition) is 5. The van der Waals surface area contributed by atoms with Crippen molar-refractivity contribution in [3.05, 3.63) is 70.4 Å². The molecular formula is C25H28ClNO4. The maximum Gasteiger partial charge on any atom is 0.343 e. The fourth-order valence-electron chi connectivity index (χ4n) is 4.89. The zero-order valence-electron chi connectivity index (χ0n) is 18.2. The normalized spacial score (nSPS) is 23.1. The van der Waals surface area contributed by atoms with E-state index in [2.05, 4.69) is 30.2 Å². The zero-order valence-corrected chi connectivity index (χ0v) is 18.9. The second-order valence-electron chi connectivity index (χ2n) is 8.43. The quantitative estimate of drug-likeness (QED) is 0.582. The van der Waals surface area contributed by atoms with Gasteiger partial charge in [-0.1, -0.05) is 17.7 Å². The van der Waals surface area contributed by atoms with Gasteiger partial charge in [-0.2, -0.15) is 0 Å². The van der Waals surface area contributed by atoms with Gasteiger partial charge in [0, 0.05) is 17.5 Å². The molecule has 164 valence electrons. The number of hydrogen-bond donors (Lipinski definition) is 0. The van der Waals surface area contributed by atoms with Crippen molar-refractivity contribution in [3.8, 4) is 11.5 Å². The number of rotatable bonds is 6. The molecule has 2 atom stereocenters. The summed E-state index contributed by atoms with van der Waals surface area (Å²) in [6.45, 7) is 1.02. The van der Waals surface area contributed by atoms with E-state index < -0.39 is 0 Å². The minimum Gasteiger partial charge on any atom is -0.493 e. The first-order valence-electron chi connectivity index (χ1n) is 10.5. The predicted molar refractivity (Wildman–Crippen MR) is 121 cm³/mol. The smallest absolute Gasteiger partial charge is 0.343 e. The number of ether oxygens (including phenoxy) is 3. The molecule has 1 aliphatic heterocycles. The van der Waals surface area contributed by atoms with E-state index in [1.807, 2.05) is 6.07 Å². The summed E-state index contributed by atoms with van der Waals surface area (Å²) in [5.41, 5.74) is 1.85. The first-order valence-corrected chi connectivity index (χ1v) is 10.9. The molecule has 0 unspecified atom stereocenters. The van der Waals surface area contributed by atoms with Crippen LogP contribution in [0.25, 0.3) is 0 Å². The number of benzene rings is 2. The van der Waals surface area contributed by atoms with Crippen molar-refractivity contribution in [2.45, 2.75) is 31.7 Å². The van der Waals surface area contributed by atoms with Gasteiger partial charge in [-0.15, -0.1) is 0 Å². The van der Waals surface area contributed by atoms with E-state index >= 15 is 0 Å². The molecule has 0 amide bonds. The molecule has 0 spiro atoms. The summed E-state index contributed by atoms with van der Waals surface area (Å²) in [5.74, 6) is 1.91. The summed E-state index contributed by atoms with van der Waals surface area (Å²) >= 11 is 5.92. The van der Waals surface area contributed by atoms with Crippen LogP contribution in [0.2, 0.25) is 5.02 Å². The Bertz CT molecular complexity index is 988. The standard InChI is InChI=1S/C25H28ClNO4/c1-27-13-12-25(16-17-4-9-21(29-2)22(14-17)30-3)11-10-20(15-23(25)27)31-24(28)18-5-7-19(26)8-6-18/h4-9,14-15,23H,10-13,16H2,1-3H3/t23-,25-/m0/s1. The molecule has 0 aromatic heterocycles. The van der Waals surface area contributed by atoms with Crippen LogP contribution in [0.3, 0.4) is 0 Å². The summed E-state index contributed by atoms with van der Waals surface area (Å²) in [7, 11) is 5.45. The van der Waals surface area contributed by atoms with Crippen LogP contribution in [0.1, 0.15) is 35.2 Å². The number of likely N-dealkylation sites (N-methyl/N-ethyl adjacent to an activating group) is 1. The minimum absolute atomic E-state index is 0.116. The molecule has 2 aromatic rings. The van der Waals surface area contributed by atoms with Crippen molar-refractivity contribution in [1.29, 1.82) is 0 Å². The molecular weight excluding hydrogens is 414 g/mol. The number of esters is 1. The molecule has 0 N–H and O–H groups in total. The predicted octanol–water partition coefficient (Wildman–Crippen LogP) is 5.12. The van der Waals surface area contributed by atoms with E-state index in [0.717, 1.165) is 49.5 Å². The molecule has 1 fully saturated rings. The highest BCUT2D eigenvalue weighted by Crippen LogP contribution is 2.48. The van der Waals surface area contributed by atoms with E-state index in [-0.39, 0.29) is 17.4 Å². The first-order chi connectivity index (χ1) is 14.9. The lowest BCUT2D eigenvalue weighted by atomic mass is 9.69. The maximum atomic E-state index is 12.6. The molecule has 6 heteroatoms. The van der Waals surface area contributed by atoms with Crippen LogP contribution >= 0.6 is 11.6 Å². The van der Waals surface area contributed by atoms with Crippen molar-refractivity contribution >= 4 is 17.6 Å². The molecule has 0 saturated carbocycles. The van der Waals surface area contributed by atoms with Gasteiger partial charge in [-0.05, 0) is 86.3 Å². The number of likely N-dealkylation sites (tertiary alicyclic amines) is 1. The highest BCUT2D eigenvalue weighted by atomic mass is 35.5. The summed E-state index contributed by atoms with van der Waals surface area (Å²) in [4.78, 5) is 14.9. The average molecular weight is 442 g/mol. The van der Waals surface area contributed by atoms with Crippen LogP contribution in [0, 0.1) is 5.41 Å². The van der Waals surface area contributed by atoms with Gasteiger partial charge >= 0.3 is 5.97 Å². The van der Waals surface area contributed by atoms with Crippen molar-refractivity contribution in [3.63, 3.8) is 0 Å². The summed E-state index contributed by atoms with van der Waals surface area (Å²) in [6.07, 6.45) is 5.91. The molecule has 2 aromatic carbocycles. The van der Waals surface area contributed by atoms with Crippen LogP contribution < -0.4 is 9.47 Å². The van der Waals surface area contributed by atoms with E-state index in [1.54, 1.807) is 38.5 Å². The SMILES string of the molecule is COc1ccc(C[C@@]23CCC(OC(=O)c4ccc(Cl)cc4)=C[C@@H]2N(C)CC3)cc1OC. The Hall–Kier alpha value is -2.50. The van der Waals surface area contributed by atoms with Crippen molar-refractivity contribution in [2.75, 3.05) is 27.8 Å². The molecule has 31 heavy (non-hydrogen) atoms. The number of carbonyl (C=O) groups excluding carboxylic acids is 1. The minimum atomic E-state index is -0.337. The zero-order chi connectivity index (χ0) is 22.0. The van der Waals surface area contributed by atoms with Crippen LogP contribution in [0.5, 0.6) is 11.5 Å². The number of nitrogens with zero attached hydrogens (tertiary/aromatic N) is 1. The Labute approximate surface area is 188 Å². The van der Waals surface area contributed by atoms with Crippen LogP contribution in [0.4, 0.5) is 0 Å². The first kappa shape index (κ1) is 21.7. The number of fused-ring (bicyclic) bond motifs is 1. The van der Waals surface area contributed by atoms with Gasteiger partial charge in [0.05, 0.1) is 19.8 Å². The molecule has 1 aliphatic carbocycles. The van der Waals surface area contributed by atoms with Crippen LogP contribution in [-0.2, 0) is 11.2 Å². The Morgan fingerprint density at radius 1 is 1.10 bits per heavy atom. The fourth-order valence-corrected chi connectivity index (χ4v) is 5.02. The average Bonchev–Trinajstić information content (AvgIpc) is 3.10. The highest BCUT2D eigenvalue weighted by Gasteiger charge is 2.47. The van der Waals surface area contributed by atoms with Gasteiger partial charge in [-0.25, -0.2) is 4.79 Å². The monoisotopic (exact) mass is 441 g/mol. The fraction of sp³-hybridized carbons (Fsp3) is 0.400. The Morgan fingerprint density at radius 2 is 1.84 bits per heavy atom. The van der Waals surface area contributed by atoms with Gasteiger partial charge < -0.3 is 14.2 Å². The maximum absolute atomic E-state index is 12.6. The van der Waals surface area contributed by atoms with Crippen molar-refractivity contribution < 1.29 is 19.0 Å². The Balaban J connectivity index is 1.53. The van der Waals surface area contributed by atoms with Gasteiger partial charge in [0.1, 0.15) is 5.76 Å². The third kappa shape index (κ3) is 4.43. The van der Waals surface area contributed by atoms with E-state index in [9.17, 15) is 4.79 Å². The molecule has 5 nitrogen and oxygen atoms in total. The largest absolute Gasteiger partial charge is 0.493 e. The lowest BCUT2D eigenvalue weighted by molar-refractivity contribution is 0.0576.